The molecule has 2 rings (SSSR count). The van der Waals surface area contributed by atoms with E-state index in [1.807, 2.05) is 17.9 Å². The van der Waals surface area contributed by atoms with Gasteiger partial charge in [-0.3, -0.25) is 9.48 Å². The van der Waals surface area contributed by atoms with Crippen LogP contribution in [0.5, 0.6) is 0 Å². The standard InChI is InChI=1S/C14H20N4O/c1-10(2)14-11(8-18(4)16-14)7-15-12-5-6-13(19)17(3)9-12/h5-6,8-10,15H,7H2,1-4H3. The van der Waals surface area contributed by atoms with Gasteiger partial charge in [0.05, 0.1) is 11.4 Å². The summed E-state index contributed by atoms with van der Waals surface area (Å²) in [6.07, 6.45) is 3.83. The molecule has 2 heterocycles. The van der Waals surface area contributed by atoms with Gasteiger partial charge >= 0.3 is 0 Å². The third-order valence-electron chi connectivity index (χ3n) is 3.05. The largest absolute Gasteiger partial charge is 0.380 e. The summed E-state index contributed by atoms with van der Waals surface area (Å²) in [6, 6.07) is 3.36. The normalized spacial score (nSPS) is 11.0. The molecule has 102 valence electrons. The number of anilines is 1. The Hall–Kier alpha value is -2.04. The van der Waals surface area contributed by atoms with Crippen molar-refractivity contribution >= 4 is 5.69 Å². The van der Waals surface area contributed by atoms with Crippen molar-refractivity contribution < 1.29 is 0 Å². The number of nitrogens with one attached hydrogen (secondary N) is 1. The lowest BCUT2D eigenvalue weighted by molar-refractivity contribution is 0.712. The van der Waals surface area contributed by atoms with Crippen LogP contribution >= 0.6 is 0 Å². The van der Waals surface area contributed by atoms with Crippen LogP contribution in [0, 0.1) is 0 Å². The fraction of sp³-hybridized carbons (Fsp3) is 0.429. The van der Waals surface area contributed by atoms with E-state index in [0.29, 0.717) is 12.5 Å². The third-order valence-corrected chi connectivity index (χ3v) is 3.05. The third kappa shape index (κ3) is 3.05. The smallest absolute Gasteiger partial charge is 0.250 e. The second-order valence-corrected chi connectivity index (χ2v) is 5.09. The number of hydrogen-bond donors (Lipinski definition) is 1. The summed E-state index contributed by atoms with van der Waals surface area (Å²) in [5.74, 6) is 0.401. The van der Waals surface area contributed by atoms with E-state index < -0.39 is 0 Å². The maximum atomic E-state index is 11.3. The van der Waals surface area contributed by atoms with Gasteiger partial charge in [-0.2, -0.15) is 5.10 Å². The Bertz CT molecular complexity index is 625. The van der Waals surface area contributed by atoms with Gasteiger partial charge in [-0.05, 0) is 12.0 Å². The topological polar surface area (TPSA) is 51.9 Å². The summed E-state index contributed by atoms with van der Waals surface area (Å²) >= 11 is 0. The van der Waals surface area contributed by atoms with Gasteiger partial charge in [-0.15, -0.1) is 0 Å². The molecule has 2 aromatic heterocycles. The quantitative estimate of drug-likeness (QED) is 0.913. The van der Waals surface area contributed by atoms with Crippen molar-refractivity contribution in [1.82, 2.24) is 14.3 Å². The minimum Gasteiger partial charge on any atom is -0.380 e. The number of aromatic nitrogens is 3. The average molecular weight is 260 g/mol. The molecular formula is C14H20N4O. The Labute approximate surface area is 112 Å². The Morgan fingerprint density at radius 1 is 1.26 bits per heavy atom. The maximum Gasteiger partial charge on any atom is 0.250 e. The van der Waals surface area contributed by atoms with Crippen molar-refractivity contribution in [3.8, 4) is 0 Å². The molecule has 0 saturated carbocycles. The minimum absolute atomic E-state index is 0.00482. The zero-order valence-corrected chi connectivity index (χ0v) is 11.8. The van der Waals surface area contributed by atoms with Gasteiger partial charge in [0.1, 0.15) is 0 Å². The lowest BCUT2D eigenvalue weighted by Gasteiger charge is -2.09. The maximum absolute atomic E-state index is 11.3. The molecule has 0 fully saturated rings. The molecular weight excluding hydrogens is 240 g/mol. The number of aryl methyl sites for hydroxylation is 2. The molecule has 1 N–H and O–H groups in total. The lowest BCUT2D eigenvalue weighted by atomic mass is 10.1. The van der Waals surface area contributed by atoms with Crippen LogP contribution in [-0.4, -0.2) is 14.3 Å². The van der Waals surface area contributed by atoms with Crippen LogP contribution in [0.4, 0.5) is 5.69 Å². The van der Waals surface area contributed by atoms with Gasteiger partial charge in [-0.25, -0.2) is 0 Å². The molecule has 0 amide bonds. The molecule has 2 aromatic rings. The number of rotatable bonds is 4. The van der Waals surface area contributed by atoms with Crippen LogP contribution in [0.15, 0.2) is 29.3 Å². The highest BCUT2D eigenvalue weighted by Crippen LogP contribution is 2.18. The van der Waals surface area contributed by atoms with Crippen molar-refractivity contribution in [2.24, 2.45) is 14.1 Å². The Morgan fingerprint density at radius 2 is 2.00 bits per heavy atom. The summed E-state index contributed by atoms with van der Waals surface area (Å²) in [5, 5.41) is 7.80. The van der Waals surface area contributed by atoms with E-state index in [1.165, 1.54) is 5.56 Å². The fourth-order valence-corrected chi connectivity index (χ4v) is 2.07. The van der Waals surface area contributed by atoms with Crippen molar-refractivity contribution in [2.45, 2.75) is 26.3 Å². The monoisotopic (exact) mass is 260 g/mol. The SMILES string of the molecule is CC(C)c1nn(C)cc1CNc1ccc(=O)n(C)c1. The lowest BCUT2D eigenvalue weighted by Crippen LogP contribution is -2.15. The first-order chi connectivity index (χ1) is 8.97. The summed E-state index contributed by atoms with van der Waals surface area (Å²) in [6.45, 7) is 4.98. The van der Waals surface area contributed by atoms with E-state index >= 15 is 0 Å². The first kappa shape index (κ1) is 13.4. The molecule has 0 aliphatic rings. The minimum atomic E-state index is -0.00482. The van der Waals surface area contributed by atoms with Crippen molar-refractivity contribution in [1.29, 1.82) is 0 Å². The molecule has 19 heavy (non-hydrogen) atoms. The zero-order chi connectivity index (χ0) is 14.0. The molecule has 0 radical (unpaired) electrons. The van der Waals surface area contributed by atoms with Crippen LogP contribution in [0.25, 0.3) is 0 Å². The highest BCUT2D eigenvalue weighted by molar-refractivity contribution is 5.41. The van der Waals surface area contributed by atoms with Crippen molar-refractivity contribution in [3.63, 3.8) is 0 Å². The van der Waals surface area contributed by atoms with Crippen LogP contribution < -0.4 is 10.9 Å². The van der Waals surface area contributed by atoms with Crippen LogP contribution in [0.2, 0.25) is 0 Å². The summed E-state index contributed by atoms with van der Waals surface area (Å²) in [4.78, 5) is 11.3. The van der Waals surface area contributed by atoms with E-state index in [-0.39, 0.29) is 5.56 Å². The van der Waals surface area contributed by atoms with Crippen molar-refractivity contribution in [3.05, 3.63) is 46.1 Å². The average Bonchev–Trinajstić information content (AvgIpc) is 2.72. The van der Waals surface area contributed by atoms with Crippen LogP contribution in [-0.2, 0) is 20.6 Å². The summed E-state index contributed by atoms with van der Waals surface area (Å²) in [5.41, 5.74) is 3.22. The second-order valence-electron chi connectivity index (χ2n) is 5.09. The van der Waals surface area contributed by atoms with Crippen LogP contribution in [0.1, 0.15) is 31.0 Å². The molecule has 5 nitrogen and oxygen atoms in total. The van der Waals surface area contributed by atoms with Gasteiger partial charge in [0.15, 0.2) is 0 Å². The van der Waals surface area contributed by atoms with Gasteiger partial charge in [0.25, 0.3) is 0 Å². The van der Waals surface area contributed by atoms with Crippen LogP contribution in [0.3, 0.4) is 0 Å². The van der Waals surface area contributed by atoms with E-state index in [1.54, 1.807) is 29.9 Å². The van der Waals surface area contributed by atoms with E-state index in [0.717, 1.165) is 11.4 Å². The molecule has 0 aromatic carbocycles. The highest BCUT2D eigenvalue weighted by Gasteiger charge is 2.10. The number of hydrogen-bond acceptors (Lipinski definition) is 3. The molecule has 0 aliphatic carbocycles. The Balaban J connectivity index is 2.14. The molecule has 0 spiro atoms. The fourth-order valence-electron chi connectivity index (χ4n) is 2.07. The Kier molecular flexibility index (Phi) is 3.74. The molecule has 0 unspecified atom stereocenters. The predicted octanol–water partition coefficient (Wildman–Crippen LogP) is 1.85. The van der Waals surface area contributed by atoms with Gasteiger partial charge < -0.3 is 9.88 Å². The second kappa shape index (κ2) is 5.30. The zero-order valence-electron chi connectivity index (χ0n) is 11.8. The molecule has 0 aliphatic heterocycles. The Morgan fingerprint density at radius 3 is 2.63 bits per heavy atom. The van der Waals surface area contributed by atoms with E-state index in [9.17, 15) is 4.79 Å². The summed E-state index contributed by atoms with van der Waals surface area (Å²) in [7, 11) is 3.68. The van der Waals surface area contributed by atoms with E-state index in [2.05, 4.69) is 24.3 Å². The molecule has 0 atom stereocenters. The van der Waals surface area contributed by atoms with Gasteiger partial charge in [-0.1, -0.05) is 13.8 Å². The first-order valence-electron chi connectivity index (χ1n) is 6.40. The van der Waals surface area contributed by atoms with Crippen molar-refractivity contribution in [2.75, 3.05) is 5.32 Å². The molecule has 0 saturated heterocycles. The molecule has 0 bridgehead atoms. The number of pyridine rings is 1. The molecule has 5 heteroatoms. The first-order valence-corrected chi connectivity index (χ1v) is 6.40. The van der Waals surface area contributed by atoms with Gasteiger partial charge in [0.2, 0.25) is 5.56 Å². The highest BCUT2D eigenvalue weighted by atomic mass is 16.1. The number of nitrogens with zero attached hydrogens (tertiary/aromatic N) is 3. The van der Waals surface area contributed by atoms with E-state index in [4.69, 9.17) is 0 Å². The van der Waals surface area contributed by atoms with Gasteiger partial charge in [0, 0.05) is 44.7 Å². The predicted molar refractivity (Wildman–Crippen MR) is 76.3 cm³/mol. The summed E-state index contributed by atoms with van der Waals surface area (Å²) < 4.78 is 3.40.